The molecule has 1 aromatic carbocycles. The topological polar surface area (TPSA) is 59.2 Å². The maximum Gasteiger partial charge on any atom is 0.227 e. The maximum atomic E-state index is 13.1. The van der Waals surface area contributed by atoms with E-state index in [-0.39, 0.29) is 11.7 Å². The molecule has 0 spiro atoms. The van der Waals surface area contributed by atoms with Crippen molar-refractivity contribution in [1.82, 2.24) is 15.0 Å². The molecule has 1 unspecified atom stereocenters. The molecule has 1 aliphatic heterocycles. The van der Waals surface area contributed by atoms with Crippen LogP contribution in [0.4, 0.5) is 4.39 Å². The molecular formula is C18H22FN3O2. The van der Waals surface area contributed by atoms with Crippen molar-refractivity contribution < 1.29 is 13.7 Å². The van der Waals surface area contributed by atoms with Gasteiger partial charge in [-0.15, -0.1) is 0 Å². The number of likely N-dealkylation sites (tertiary alicyclic amines) is 1. The minimum Gasteiger partial charge on any atom is -0.343 e. The second kappa shape index (κ2) is 7.55. The fourth-order valence-electron chi connectivity index (χ4n) is 3.23. The Kier molecular flexibility index (Phi) is 5.23. The van der Waals surface area contributed by atoms with Crippen molar-refractivity contribution in [2.24, 2.45) is 0 Å². The third-order valence-electron chi connectivity index (χ3n) is 4.54. The van der Waals surface area contributed by atoms with Gasteiger partial charge in [0.1, 0.15) is 5.82 Å². The van der Waals surface area contributed by atoms with Crippen molar-refractivity contribution in [3.8, 4) is 0 Å². The molecule has 24 heavy (non-hydrogen) atoms. The van der Waals surface area contributed by atoms with Crippen LogP contribution in [0.2, 0.25) is 0 Å². The van der Waals surface area contributed by atoms with Gasteiger partial charge in [-0.2, -0.15) is 4.98 Å². The molecule has 0 bridgehead atoms. The molecule has 0 aliphatic carbocycles. The molecule has 1 fully saturated rings. The molecule has 0 N–H and O–H groups in total. The number of hydrogen-bond acceptors (Lipinski definition) is 4. The highest BCUT2D eigenvalue weighted by atomic mass is 19.1. The van der Waals surface area contributed by atoms with E-state index in [9.17, 15) is 9.18 Å². The third kappa shape index (κ3) is 4.19. The van der Waals surface area contributed by atoms with Crippen LogP contribution < -0.4 is 0 Å². The Hall–Kier alpha value is -2.24. The molecule has 2 heterocycles. The lowest BCUT2D eigenvalue weighted by molar-refractivity contribution is -0.131. The first-order valence-corrected chi connectivity index (χ1v) is 8.44. The first-order valence-electron chi connectivity index (χ1n) is 8.44. The van der Waals surface area contributed by atoms with Gasteiger partial charge in [0.25, 0.3) is 0 Å². The lowest BCUT2D eigenvalue weighted by Crippen LogP contribution is -2.32. The number of hydrogen-bond donors (Lipinski definition) is 0. The molecular weight excluding hydrogens is 309 g/mol. The van der Waals surface area contributed by atoms with E-state index in [0.717, 1.165) is 37.9 Å². The van der Waals surface area contributed by atoms with Crippen LogP contribution in [0.1, 0.15) is 48.9 Å². The van der Waals surface area contributed by atoms with Crippen LogP contribution in [-0.4, -0.2) is 34.0 Å². The summed E-state index contributed by atoms with van der Waals surface area (Å²) in [5.74, 6) is 1.42. The van der Waals surface area contributed by atoms with Crippen molar-refractivity contribution in [3.05, 3.63) is 47.4 Å². The summed E-state index contributed by atoms with van der Waals surface area (Å²) >= 11 is 0. The van der Waals surface area contributed by atoms with Gasteiger partial charge < -0.3 is 9.42 Å². The first-order chi connectivity index (χ1) is 11.6. The van der Waals surface area contributed by atoms with Gasteiger partial charge in [0.15, 0.2) is 5.82 Å². The second-order valence-electron chi connectivity index (χ2n) is 6.30. The highest BCUT2D eigenvalue weighted by Gasteiger charge is 2.22. The average Bonchev–Trinajstić information content (AvgIpc) is 2.84. The number of benzene rings is 1. The van der Waals surface area contributed by atoms with Crippen LogP contribution in [0.3, 0.4) is 0 Å². The normalized spacial score (nSPS) is 18.4. The molecule has 0 radical (unpaired) electrons. The molecule has 1 atom stereocenters. The van der Waals surface area contributed by atoms with Gasteiger partial charge >= 0.3 is 0 Å². The maximum absolute atomic E-state index is 13.1. The fourth-order valence-corrected chi connectivity index (χ4v) is 3.23. The van der Waals surface area contributed by atoms with E-state index in [4.69, 9.17) is 4.52 Å². The zero-order valence-corrected chi connectivity index (χ0v) is 13.9. The third-order valence-corrected chi connectivity index (χ3v) is 4.54. The number of halogens is 1. The number of amides is 1. The highest BCUT2D eigenvalue weighted by Crippen LogP contribution is 2.28. The molecule has 6 heteroatoms. The summed E-state index contributed by atoms with van der Waals surface area (Å²) < 4.78 is 18.1. The number of aryl methyl sites for hydroxylation is 2. The van der Waals surface area contributed by atoms with E-state index in [1.54, 1.807) is 6.92 Å². The van der Waals surface area contributed by atoms with Gasteiger partial charge in [-0.3, -0.25) is 4.79 Å². The zero-order valence-electron chi connectivity index (χ0n) is 13.9. The van der Waals surface area contributed by atoms with Gasteiger partial charge in [-0.25, -0.2) is 4.39 Å². The monoisotopic (exact) mass is 331 g/mol. The van der Waals surface area contributed by atoms with Crippen LogP contribution >= 0.6 is 0 Å². The molecule has 1 saturated heterocycles. The van der Waals surface area contributed by atoms with Gasteiger partial charge in [0, 0.05) is 25.9 Å². The van der Waals surface area contributed by atoms with Crippen molar-refractivity contribution in [3.63, 3.8) is 0 Å². The lowest BCUT2D eigenvalue weighted by Gasteiger charge is -2.20. The Morgan fingerprint density at radius 3 is 2.79 bits per heavy atom. The van der Waals surface area contributed by atoms with E-state index in [2.05, 4.69) is 10.1 Å². The average molecular weight is 331 g/mol. The van der Waals surface area contributed by atoms with E-state index in [0.29, 0.717) is 30.5 Å². The summed E-state index contributed by atoms with van der Waals surface area (Å²) in [5.41, 5.74) is 1.16. The summed E-state index contributed by atoms with van der Waals surface area (Å²) in [6.45, 7) is 3.28. The van der Waals surface area contributed by atoms with Crippen molar-refractivity contribution in [2.45, 2.75) is 44.9 Å². The number of aromatic nitrogens is 2. The summed E-state index contributed by atoms with van der Waals surface area (Å²) in [5, 5.41) is 3.73. The Bertz CT molecular complexity index is 684. The molecule has 1 amide bonds. The highest BCUT2D eigenvalue weighted by molar-refractivity contribution is 5.76. The lowest BCUT2D eigenvalue weighted by atomic mass is 9.92. The Morgan fingerprint density at radius 2 is 2.08 bits per heavy atom. The van der Waals surface area contributed by atoms with Gasteiger partial charge in [0.2, 0.25) is 11.8 Å². The molecule has 1 aromatic heterocycles. The van der Waals surface area contributed by atoms with Crippen LogP contribution in [0.15, 0.2) is 28.8 Å². The standard InChI is InChI=1S/C18H22FN3O2/c1-13-20-17(24-21-13)8-9-18(23)22-11-2-3-14(10-12-22)15-4-6-16(19)7-5-15/h4-7,14H,2-3,8-12H2,1H3. The van der Waals surface area contributed by atoms with Crippen molar-refractivity contribution in [2.75, 3.05) is 13.1 Å². The smallest absolute Gasteiger partial charge is 0.227 e. The van der Waals surface area contributed by atoms with Crippen LogP contribution in [-0.2, 0) is 11.2 Å². The quantitative estimate of drug-likeness (QED) is 0.863. The summed E-state index contributed by atoms with van der Waals surface area (Å²) in [7, 11) is 0. The van der Waals surface area contributed by atoms with Crippen molar-refractivity contribution in [1.29, 1.82) is 0 Å². The SMILES string of the molecule is Cc1noc(CCC(=O)N2CCCC(c3ccc(F)cc3)CC2)n1. The molecule has 5 nitrogen and oxygen atoms in total. The van der Waals surface area contributed by atoms with E-state index < -0.39 is 0 Å². The van der Waals surface area contributed by atoms with Gasteiger partial charge in [-0.05, 0) is 49.8 Å². The minimum absolute atomic E-state index is 0.130. The minimum atomic E-state index is -0.208. The van der Waals surface area contributed by atoms with Crippen LogP contribution in [0.5, 0.6) is 0 Å². The largest absolute Gasteiger partial charge is 0.343 e. The number of nitrogens with zero attached hydrogens (tertiary/aromatic N) is 3. The molecule has 128 valence electrons. The van der Waals surface area contributed by atoms with E-state index >= 15 is 0 Å². The number of carbonyl (C=O) groups excluding carboxylic acids is 1. The Balaban J connectivity index is 1.52. The van der Waals surface area contributed by atoms with Crippen LogP contribution in [0.25, 0.3) is 0 Å². The predicted octanol–water partition coefficient (Wildman–Crippen LogP) is 3.25. The molecule has 3 rings (SSSR count). The summed E-state index contributed by atoms with van der Waals surface area (Å²) in [4.78, 5) is 18.5. The number of rotatable bonds is 4. The zero-order chi connectivity index (χ0) is 16.9. The fraction of sp³-hybridized carbons (Fsp3) is 0.500. The number of carbonyl (C=O) groups is 1. The molecule has 1 aliphatic rings. The van der Waals surface area contributed by atoms with Crippen molar-refractivity contribution >= 4 is 5.91 Å². The first kappa shape index (κ1) is 16.6. The summed E-state index contributed by atoms with van der Waals surface area (Å²) in [6, 6.07) is 6.73. The Morgan fingerprint density at radius 1 is 1.29 bits per heavy atom. The van der Waals surface area contributed by atoms with Crippen LogP contribution in [0, 0.1) is 12.7 Å². The predicted molar refractivity (Wildman–Crippen MR) is 86.9 cm³/mol. The summed E-state index contributed by atoms with van der Waals surface area (Å²) in [6.07, 6.45) is 3.78. The van der Waals surface area contributed by atoms with E-state index in [1.165, 1.54) is 12.1 Å². The molecule has 0 saturated carbocycles. The molecule has 2 aromatic rings. The van der Waals surface area contributed by atoms with Gasteiger partial charge in [0.05, 0.1) is 0 Å². The second-order valence-corrected chi connectivity index (χ2v) is 6.30. The van der Waals surface area contributed by atoms with E-state index in [1.807, 2.05) is 17.0 Å². The Labute approximate surface area is 140 Å². The van der Waals surface area contributed by atoms with Gasteiger partial charge in [-0.1, -0.05) is 17.3 Å².